The molecule has 1 rings (SSSR count). The van der Waals surface area contributed by atoms with Gasteiger partial charge in [0.05, 0.1) is 0 Å². The van der Waals surface area contributed by atoms with Crippen molar-refractivity contribution in [2.45, 2.75) is 6.36 Å². The summed E-state index contributed by atoms with van der Waals surface area (Å²) in [7, 11) is 1.31. The average molecular weight is 288 g/mol. The molecule has 0 aliphatic heterocycles. The third-order valence-electron chi connectivity index (χ3n) is 1.47. The van der Waals surface area contributed by atoms with Gasteiger partial charge >= 0.3 is 90.1 Å². The van der Waals surface area contributed by atoms with Crippen LogP contribution in [0.25, 0.3) is 0 Å². The minimum atomic E-state index is -1.35. The van der Waals surface area contributed by atoms with E-state index in [9.17, 15) is 4.39 Å². The molecule has 0 amide bonds. The van der Waals surface area contributed by atoms with Crippen LogP contribution in [-0.4, -0.2) is 42.6 Å². The van der Waals surface area contributed by atoms with Crippen molar-refractivity contribution in [2.75, 3.05) is 13.7 Å². The molecule has 1 atom stereocenters. The Hall–Kier alpha value is -0.291. The maximum atomic E-state index is 12.6. The summed E-state index contributed by atoms with van der Waals surface area (Å²) in [6.07, 6.45) is -1.35. The van der Waals surface area contributed by atoms with E-state index in [-0.39, 0.29) is 6.61 Å². The fourth-order valence-electron chi connectivity index (χ4n) is 0.816. The van der Waals surface area contributed by atoms with Crippen LogP contribution in [0.2, 0.25) is 0 Å². The number of methoxy groups -OCH3 is 1. The van der Waals surface area contributed by atoms with E-state index in [0.717, 1.165) is 0 Å². The standard InChI is InChI=1S/C9H10FO2.Sn/c1-11-9(10)7-12-8-5-3-2-4-6-8;/h2-3,5-6,9H,7H2,1H3;. The van der Waals surface area contributed by atoms with Crippen molar-refractivity contribution in [3.63, 3.8) is 0 Å². The number of ether oxygens (including phenoxy) is 2. The van der Waals surface area contributed by atoms with Gasteiger partial charge in [0.25, 0.3) is 0 Å². The van der Waals surface area contributed by atoms with Gasteiger partial charge in [-0.25, -0.2) is 0 Å². The normalized spacial score (nSPS) is 12.5. The van der Waals surface area contributed by atoms with Crippen LogP contribution >= 0.6 is 0 Å². The van der Waals surface area contributed by atoms with Crippen molar-refractivity contribution in [3.8, 4) is 5.75 Å². The zero-order chi connectivity index (χ0) is 9.68. The van der Waals surface area contributed by atoms with Crippen LogP contribution < -0.4 is 8.32 Å². The minimum absolute atomic E-state index is 0.0595. The molecule has 1 aromatic carbocycles. The van der Waals surface area contributed by atoms with E-state index in [2.05, 4.69) is 4.74 Å². The van der Waals surface area contributed by atoms with Crippen LogP contribution in [-0.2, 0) is 4.74 Å². The molecule has 0 saturated carbocycles. The van der Waals surface area contributed by atoms with Gasteiger partial charge in [-0.15, -0.1) is 0 Å². The van der Waals surface area contributed by atoms with E-state index in [1.165, 1.54) is 33.2 Å². The van der Waals surface area contributed by atoms with Gasteiger partial charge in [-0.05, 0) is 0 Å². The molecule has 0 heterocycles. The predicted molar refractivity (Wildman–Crippen MR) is 49.2 cm³/mol. The van der Waals surface area contributed by atoms with Crippen LogP contribution in [0.15, 0.2) is 24.3 Å². The zero-order valence-corrected chi connectivity index (χ0v) is 10.1. The summed E-state index contributed by atoms with van der Waals surface area (Å²) in [5.41, 5.74) is 0. The molecule has 0 N–H and O–H groups in total. The quantitative estimate of drug-likeness (QED) is 0.763. The van der Waals surface area contributed by atoms with Gasteiger partial charge in [-0.1, -0.05) is 0 Å². The second kappa shape index (κ2) is 5.44. The first kappa shape index (κ1) is 10.8. The van der Waals surface area contributed by atoms with E-state index in [1.807, 2.05) is 18.2 Å². The molecular formula is C9H10FO2Sn. The molecule has 1 unspecified atom stereocenters. The second-order valence-corrected chi connectivity index (χ2v) is 4.13. The van der Waals surface area contributed by atoms with E-state index < -0.39 is 6.36 Å². The Balaban J connectivity index is 2.45. The van der Waals surface area contributed by atoms with Crippen LogP contribution in [0.3, 0.4) is 0 Å². The molecule has 4 heteroatoms. The van der Waals surface area contributed by atoms with Crippen molar-refractivity contribution in [1.29, 1.82) is 0 Å². The van der Waals surface area contributed by atoms with Crippen LogP contribution in [0.5, 0.6) is 5.75 Å². The van der Waals surface area contributed by atoms with E-state index in [0.29, 0.717) is 5.75 Å². The third kappa shape index (κ3) is 3.95. The molecule has 3 radical (unpaired) electrons. The summed E-state index contributed by atoms with van der Waals surface area (Å²) < 4.78 is 23.3. The Bertz CT molecular complexity index is 268. The fraction of sp³-hybridized carbons (Fsp3) is 0.333. The monoisotopic (exact) mass is 289 g/mol. The number of benzene rings is 1. The zero-order valence-electron chi connectivity index (χ0n) is 7.29. The van der Waals surface area contributed by atoms with Gasteiger partial charge in [0.1, 0.15) is 0 Å². The van der Waals surface area contributed by atoms with Crippen molar-refractivity contribution in [3.05, 3.63) is 24.3 Å². The Labute approximate surface area is 90.1 Å². The van der Waals surface area contributed by atoms with Crippen LogP contribution in [0.1, 0.15) is 0 Å². The number of hydrogen-bond donors (Lipinski definition) is 0. The first-order valence-corrected chi connectivity index (χ1v) is 5.26. The van der Waals surface area contributed by atoms with Crippen LogP contribution in [0, 0.1) is 0 Å². The first-order chi connectivity index (χ1) is 6.22. The van der Waals surface area contributed by atoms with Crippen molar-refractivity contribution in [2.24, 2.45) is 0 Å². The average Bonchev–Trinajstić information content (AvgIpc) is 2.14. The molecule has 1 aromatic rings. The van der Waals surface area contributed by atoms with E-state index >= 15 is 0 Å². The van der Waals surface area contributed by atoms with E-state index in [4.69, 9.17) is 4.74 Å². The molecule has 0 aliphatic rings. The molecule has 0 bridgehead atoms. The van der Waals surface area contributed by atoms with Gasteiger partial charge in [0, 0.05) is 0 Å². The van der Waals surface area contributed by atoms with Crippen LogP contribution in [0.4, 0.5) is 4.39 Å². The molecule has 0 saturated heterocycles. The number of hydrogen-bond acceptors (Lipinski definition) is 2. The SMILES string of the molecule is COC(F)COc1ccc[c]([Sn])c1. The molecule has 0 fully saturated rings. The second-order valence-electron chi connectivity index (χ2n) is 2.48. The molecule has 0 spiro atoms. The molecular weight excluding hydrogens is 278 g/mol. The van der Waals surface area contributed by atoms with Gasteiger partial charge in [0.2, 0.25) is 0 Å². The maximum absolute atomic E-state index is 12.6. The fourth-order valence-corrected chi connectivity index (χ4v) is 1.50. The van der Waals surface area contributed by atoms with E-state index in [1.54, 1.807) is 6.07 Å². The predicted octanol–water partition coefficient (Wildman–Crippen LogP) is 0.801. The molecule has 0 aromatic heterocycles. The summed E-state index contributed by atoms with van der Waals surface area (Å²) in [6.45, 7) is -0.0595. The molecule has 0 aliphatic carbocycles. The molecule has 13 heavy (non-hydrogen) atoms. The summed E-state index contributed by atoms with van der Waals surface area (Å²) in [6, 6.07) is 7.57. The van der Waals surface area contributed by atoms with Gasteiger partial charge in [-0.3, -0.25) is 0 Å². The topological polar surface area (TPSA) is 18.5 Å². The number of halogens is 1. The Morgan fingerprint density at radius 2 is 2.31 bits per heavy atom. The van der Waals surface area contributed by atoms with Gasteiger partial charge in [0.15, 0.2) is 0 Å². The van der Waals surface area contributed by atoms with Crippen molar-refractivity contribution in [1.82, 2.24) is 0 Å². The Morgan fingerprint density at radius 3 is 2.92 bits per heavy atom. The summed E-state index contributed by atoms with van der Waals surface area (Å²) in [5, 5.41) is 0. The summed E-state index contributed by atoms with van der Waals surface area (Å²) >= 11 is 1.32. The number of alkyl halides is 1. The van der Waals surface area contributed by atoms with Gasteiger partial charge < -0.3 is 0 Å². The number of rotatable bonds is 4. The van der Waals surface area contributed by atoms with Crippen molar-refractivity contribution >= 4 is 26.1 Å². The third-order valence-corrected chi connectivity index (χ3v) is 2.36. The van der Waals surface area contributed by atoms with Gasteiger partial charge in [-0.2, -0.15) is 0 Å². The first-order valence-electron chi connectivity index (χ1n) is 3.83. The Kier molecular flexibility index (Phi) is 4.52. The molecule has 2 nitrogen and oxygen atoms in total. The molecule has 69 valence electrons. The van der Waals surface area contributed by atoms with Crippen molar-refractivity contribution < 1.29 is 13.9 Å². The summed E-state index contributed by atoms with van der Waals surface area (Å²) in [4.78, 5) is 0. The summed E-state index contributed by atoms with van der Waals surface area (Å²) in [5.74, 6) is 0.689. The Morgan fingerprint density at radius 1 is 1.54 bits per heavy atom.